The predicted octanol–water partition coefficient (Wildman–Crippen LogP) is 5.19. The van der Waals surface area contributed by atoms with Crippen molar-refractivity contribution in [3.63, 3.8) is 0 Å². The van der Waals surface area contributed by atoms with Crippen LogP contribution >= 0.6 is 11.3 Å². The number of aromatic nitrogens is 3. The van der Waals surface area contributed by atoms with Gasteiger partial charge in [0.2, 0.25) is 0 Å². The average Bonchev–Trinajstić information content (AvgIpc) is 3.27. The Kier molecular flexibility index (Phi) is 6.66. The number of nitrogens with two attached hydrogens (primary N) is 1. The lowest BCUT2D eigenvalue weighted by Gasteiger charge is -2.31. The van der Waals surface area contributed by atoms with E-state index in [1.165, 1.54) is 42.1 Å². The molecule has 2 aromatic carbocycles. The molecule has 0 bridgehead atoms. The summed E-state index contributed by atoms with van der Waals surface area (Å²) in [6, 6.07) is 13.4. The highest BCUT2D eigenvalue weighted by Crippen LogP contribution is 2.33. The topological polar surface area (TPSA) is 92.0 Å². The van der Waals surface area contributed by atoms with Crippen LogP contribution in [0.25, 0.3) is 10.3 Å². The van der Waals surface area contributed by atoms with Gasteiger partial charge in [0.05, 0.1) is 0 Å². The smallest absolute Gasteiger partial charge is 0.189 e. The summed E-state index contributed by atoms with van der Waals surface area (Å²) in [7, 11) is 0. The zero-order valence-electron chi connectivity index (χ0n) is 19.1. The summed E-state index contributed by atoms with van der Waals surface area (Å²) in [5, 5.41) is 7.38. The van der Waals surface area contributed by atoms with Gasteiger partial charge in [-0.1, -0.05) is 23.5 Å². The molecule has 3 heterocycles. The summed E-state index contributed by atoms with van der Waals surface area (Å²) in [5.41, 5.74) is 10.0. The predicted molar refractivity (Wildman–Crippen MR) is 136 cm³/mol. The molecular formula is C25H28FN7S. The van der Waals surface area contributed by atoms with Gasteiger partial charge in [0.25, 0.3) is 0 Å². The highest BCUT2D eigenvalue weighted by molar-refractivity contribution is 7.22. The monoisotopic (exact) mass is 477 g/mol. The van der Waals surface area contributed by atoms with Crippen LogP contribution in [0.1, 0.15) is 24.0 Å². The largest absolute Gasteiger partial charge is 0.339 e. The van der Waals surface area contributed by atoms with Gasteiger partial charge in [-0.05, 0) is 86.8 Å². The first kappa shape index (κ1) is 22.6. The third-order valence-corrected chi connectivity index (χ3v) is 7.23. The molecule has 1 fully saturated rings. The Morgan fingerprint density at radius 1 is 1.06 bits per heavy atom. The first-order valence-corrected chi connectivity index (χ1v) is 12.3. The van der Waals surface area contributed by atoms with Crippen LogP contribution in [0.3, 0.4) is 0 Å². The summed E-state index contributed by atoms with van der Waals surface area (Å²) >= 11 is 1.48. The molecule has 2 aromatic heterocycles. The van der Waals surface area contributed by atoms with Gasteiger partial charge in [-0.15, -0.1) is 0 Å². The Balaban J connectivity index is 1.26. The lowest BCUT2D eigenvalue weighted by molar-refractivity contribution is 0.180. The van der Waals surface area contributed by atoms with Crippen LogP contribution in [0, 0.1) is 18.7 Å². The molecule has 0 saturated carbocycles. The van der Waals surface area contributed by atoms with E-state index in [9.17, 15) is 4.39 Å². The van der Waals surface area contributed by atoms with Crippen molar-refractivity contribution in [3.8, 4) is 0 Å². The maximum atomic E-state index is 13.6. The van der Waals surface area contributed by atoms with Crippen LogP contribution in [-0.2, 0) is 6.54 Å². The van der Waals surface area contributed by atoms with E-state index in [1.807, 2.05) is 0 Å². The first-order valence-electron chi connectivity index (χ1n) is 11.5. The van der Waals surface area contributed by atoms with Crippen molar-refractivity contribution in [1.82, 2.24) is 19.9 Å². The van der Waals surface area contributed by atoms with Crippen LogP contribution < -0.4 is 16.4 Å². The Morgan fingerprint density at radius 2 is 1.82 bits per heavy atom. The number of likely N-dealkylation sites (tertiary alicyclic amines) is 1. The fourth-order valence-electron chi connectivity index (χ4n) is 4.21. The van der Waals surface area contributed by atoms with Crippen LogP contribution in [0.2, 0.25) is 0 Å². The van der Waals surface area contributed by atoms with E-state index in [-0.39, 0.29) is 5.82 Å². The van der Waals surface area contributed by atoms with Crippen molar-refractivity contribution in [1.29, 1.82) is 0 Å². The fourth-order valence-corrected chi connectivity index (χ4v) is 5.10. The molecule has 1 aliphatic rings. The van der Waals surface area contributed by atoms with Crippen LogP contribution in [0.15, 0.2) is 48.8 Å². The zero-order valence-corrected chi connectivity index (χ0v) is 19.9. The molecule has 4 N–H and O–H groups in total. The van der Waals surface area contributed by atoms with E-state index in [4.69, 9.17) is 5.73 Å². The van der Waals surface area contributed by atoms with Gasteiger partial charge in [0.1, 0.15) is 16.8 Å². The summed E-state index contributed by atoms with van der Waals surface area (Å²) in [5.74, 6) is 1.09. The van der Waals surface area contributed by atoms with Gasteiger partial charge in [-0.2, -0.15) is 4.98 Å². The third-order valence-electron chi connectivity index (χ3n) is 6.26. The zero-order chi connectivity index (χ0) is 23.5. The maximum absolute atomic E-state index is 13.6. The molecule has 1 saturated heterocycles. The molecule has 9 heteroatoms. The highest BCUT2D eigenvalue weighted by atomic mass is 32.1. The lowest BCUT2D eigenvalue weighted by Crippen LogP contribution is -2.35. The molecular weight excluding hydrogens is 449 g/mol. The number of thiazole rings is 1. The molecule has 5 rings (SSSR count). The number of halogens is 1. The van der Waals surface area contributed by atoms with Crippen molar-refractivity contribution in [2.75, 3.05) is 30.3 Å². The average molecular weight is 478 g/mol. The van der Waals surface area contributed by atoms with Crippen molar-refractivity contribution >= 4 is 44.0 Å². The number of piperidine rings is 1. The van der Waals surface area contributed by atoms with Crippen molar-refractivity contribution in [3.05, 3.63) is 65.7 Å². The molecule has 0 atom stereocenters. The molecule has 0 aliphatic carbocycles. The molecule has 176 valence electrons. The Bertz CT molecular complexity index is 1270. The number of nitrogens with one attached hydrogen (secondary N) is 2. The number of nitrogens with zero attached hydrogens (tertiary/aromatic N) is 4. The van der Waals surface area contributed by atoms with E-state index in [0.717, 1.165) is 47.4 Å². The van der Waals surface area contributed by atoms with Crippen LogP contribution in [0.5, 0.6) is 0 Å². The normalized spacial score (nSPS) is 15.0. The number of fused-ring (bicyclic) bond motifs is 1. The summed E-state index contributed by atoms with van der Waals surface area (Å²) < 4.78 is 14.4. The van der Waals surface area contributed by atoms with E-state index in [2.05, 4.69) is 54.8 Å². The van der Waals surface area contributed by atoms with E-state index in [1.54, 1.807) is 19.1 Å². The number of aryl methyl sites for hydroxylation is 1. The second-order valence-electron chi connectivity index (χ2n) is 8.76. The fraction of sp³-hybridized carbons (Fsp3) is 0.320. The maximum Gasteiger partial charge on any atom is 0.189 e. The van der Waals surface area contributed by atoms with Gasteiger partial charge in [0.15, 0.2) is 16.6 Å². The second kappa shape index (κ2) is 10.0. The van der Waals surface area contributed by atoms with Gasteiger partial charge in [-0.25, -0.2) is 14.4 Å². The van der Waals surface area contributed by atoms with Crippen LogP contribution in [-0.4, -0.2) is 39.5 Å². The molecule has 0 radical (unpaired) electrons. The molecule has 0 spiro atoms. The van der Waals surface area contributed by atoms with Gasteiger partial charge in [-0.3, -0.25) is 4.90 Å². The molecule has 0 unspecified atom stereocenters. The van der Waals surface area contributed by atoms with Crippen molar-refractivity contribution in [2.45, 2.75) is 26.3 Å². The Morgan fingerprint density at radius 3 is 2.56 bits per heavy atom. The van der Waals surface area contributed by atoms with Crippen molar-refractivity contribution in [2.24, 2.45) is 11.7 Å². The van der Waals surface area contributed by atoms with E-state index in [0.29, 0.717) is 22.9 Å². The van der Waals surface area contributed by atoms with Crippen molar-refractivity contribution < 1.29 is 4.39 Å². The quantitative estimate of drug-likeness (QED) is 0.337. The van der Waals surface area contributed by atoms with Gasteiger partial charge < -0.3 is 16.4 Å². The van der Waals surface area contributed by atoms with Gasteiger partial charge in [0, 0.05) is 17.9 Å². The van der Waals surface area contributed by atoms with E-state index >= 15 is 0 Å². The number of benzene rings is 2. The second-order valence-corrected chi connectivity index (χ2v) is 9.76. The minimum Gasteiger partial charge on any atom is -0.339 e. The molecule has 4 aromatic rings. The van der Waals surface area contributed by atoms with Gasteiger partial charge >= 0.3 is 0 Å². The number of rotatable bonds is 7. The standard InChI is InChI=1S/C25H28FN7S/c1-16-12-20(6-7-21(16)26)30-23-22-24(29-15-28-23)32-25(34-22)31-19-4-2-18(3-5-19)14-33-10-8-17(13-27)9-11-33/h2-7,12,15,17H,8-11,13-14,27H2,1H3,(H2,28,29,30,31,32). The summed E-state index contributed by atoms with van der Waals surface area (Å²) in [6.45, 7) is 5.73. The summed E-state index contributed by atoms with van der Waals surface area (Å²) in [4.78, 5) is 15.8. The first-order chi connectivity index (χ1) is 16.6. The Labute approximate surface area is 202 Å². The SMILES string of the molecule is Cc1cc(Nc2ncnc3nc(Nc4ccc(CN5CCC(CN)CC5)cc4)sc23)ccc1F. The molecule has 0 amide bonds. The number of hydrogen-bond acceptors (Lipinski definition) is 8. The third kappa shape index (κ3) is 5.16. The molecule has 7 nitrogen and oxygen atoms in total. The lowest BCUT2D eigenvalue weighted by atomic mass is 9.97. The molecule has 34 heavy (non-hydrogen) atoms. The minimum atomic E-state index is -0.232. The number of hydrogen-bond donors (Lipinski definition) is 3. The van der Waals surface area contributed by atoms with E-state index < -0.39 is 0 Å². The minimum absolute atomic E-state index is 0.232. The van der Waals surface area contributed by atoms with Crippen LogP contribution in [0.4, 0.5) is 26.7 Å². The highest BCUT2D eigenvalue weighted by Gasteiger charge is 2.18. The Hall–Kier alpha value is -3.14. The molecule has 1 aliphatic heterocycles. The summed E-state index contributed by atoms with van der Waals surface area (Å²) in [6.07, 6.45) is 3.86. The number of anilines is 4.